The van der Waals surface area contributed by atoms with E-state index < -0.39 is 0 Å². The van der Waals surface area contributed by atoms with E-state index in [0.29, 0.717) is 23.0 Å². The van der Waals surface area contributed by atoms with E-state index in [9.17, 15) is 14.4 Å². The maximum absolute atomic E-state index is 12.6. The van der Waals surface area contributed by atoms with Gasteiger partial charge in [0.05, 0.1) is 6.54 Å². The second kappa shape index (κ2) is 7.79. The number of nitrogens with one attached hydrogen (secondary N) is 2. The van der Waals surface area contributed by atoms with Crippen molar-refractivity contribution in [1.82, 2.24) is 20.1 Å². The minimum Gasteiger partial charge on any atom is -0.322 e. The fourth-order valence-electron chi connectivity index (χ4n) is 3.59. The Balaban J connectivity index is 1.21. The largest absolute Gasteiger partial charge is 0.322 e. The van der Waals surface area contributed by atoms with Crippen LogP contribution in [0, 0.1) is 0 Å². The first-order chi connectivity index (χ1) is 15.1. The molecule has 1 aromatic heterocycles. The van der Waals surface area contributed by atoms with E-state index in [-0.39, 0.29) is 37.1 Å². The summed E-state index contributed by atoms with van der Waals surface area (Å²) in [5.74, 6) is 1.58. The number of amides is 3. The standard InChI is InChI=1S/C23H21N5O3/c29-19-11-12-20(30)28(19)13-14-1-3-17(4-2-14)23(31)24-18-9-7-16(8-10-18)22-25-21(26-27-22)15-5-6-15/h1-4,7-10,15H,5-6,11-13H2,(H,24,31)(H,25,26,27). The van der Waals surface area contributed by atoms with Crippen molar-refractivity contribution in [1.29, 1.82) is 0 Å². The van der Waals surface area contributed by atoms with Crippen LogP contribution in [0.15, 0.2) is 48.5 Å². The van der Waals surface area contributed by atoms with Crippen LogP contribution in [0.3, 0.4) is 0 Å². The van der Waals surface area contributed by atoms with Gasteiger partial charge in [0.25, 0.3) is 5.91 Å². The van der Waals surface area contributed by atoms with Crippen LogP contribution in [0.5, 0.6) is 0 Å². The van der Waals surface area contributed by atoms with Gasteiger partial charge in [-0.2, -0.15) is 5.10 Å². The Morgan fingerprint density at radius 1 is 1.00 bits per heavy atom. The molecule has 0 atom stereocenters. The molecular formula is C23H21N5O3. The number of hydrogen-bond acceptors (Lipinski definition) is 5. The molecule has 156 valence electrons. The number of aromatic nitrogens is 3. The first-order valence-corrected chi connectivity index (χ1v) is 10.3. The monoisotopic (exact) mass is 415 g/mol. The van der Waals surface area contributed by atoms with Crippen molar-refractivity contribution >= 4 is 23.4 Å². The number of likely N-dealkylation sites (tertiary alicyclic amines) is 1. The summed E-state index contributed by atoms with van der Waals surface area (Å²) in [6, 6.07) is 14.3. The van der Waals surface area contributed by atoms with Gasteiger partial charge in [-0.25, -0.2) is 4.98 Å². The number of carbonyl (C=O) groups is 3. The SMILES string of the molecule is O=C(Nc1ccc(-c2n[nH]c(C3CC3)n2)cc1)c1ccc(CN2C(=O)CCC2=O)cc1. The molecule has 2 heterocycles. The summed E-state index contributed by atoms with van der Waals surface area (Å²) in [4.78, 5) is 41.8. The predicted molar refractivity (Wildman–Crippen MR) is 113 cm³/mol. The molecule has 31 heavy (non-hydrogen) atoms. The first-order valence-electron chi connectivity index (χ1n) is 10.3. The zero-order valence-corrected chi connectivity index (χ0v) is 16.8. The summed E-state index contributed by atoms with van der Waals surface area (Å²) >= 11 is 0. The lowest BCUT2D eigenvalue weighted by Gasteiger charge is -2.14. The minimum absolute atomic E-state index is 0.149. The average molecular weight is 415 g/mol. The van der Waals surface area contributed by atoms with Gasteiger partial charge < -0.3 is 5.32 Å². The van der Waals surface area contributed by atoms with Crippen molar-refractivity contribution in [3.05, 3.63) is 65.5 Å². The van der Waals surface area contributed by atoms with E-state index in [1.807, 2.05) is 24.3 Å². The van der Waals surface area contributed by atoms with Crippen molar-refractivity contribution in [2.45, 2.75) is 38.1 Å². The second-order valence-corrected chi connectivity index (χ2v) is 7.92. The lowest BCUT2D eigenvalue weighted by atomic mass is 10.1. The number of hydrogen-bond donors (Lipinski definition) is 2. The molecule has 8 nitrogen and oxygen atoms in total. The number of benzene rings is 2. The summed E-state index contributed by atoms with van der Waals surface area (Å²) in [6.07, 6.45) is 2.87. The molecule has 2 fully saturated rings. The lowest BCUT2D eigenvalue weighted by Crippen LogP contribution is -2.28. The van der Waals surface area contributed by atoms with Crippen molar-refractivity contribution in [2.24, 2.45) is 0 Å². The van der Waals surface area contributed by atoms with E-state index in [1.165, 1.54) is 4.90 Å². The molecule has 0 spiro atoms. The molecule has 1 aliphatic heterocycles. The molecule has 8 heteroatoms. The Morgan fingerprint density at radius 3 is 2.32 bits per heavy atom. The second-order valence-electron chi connectivity index (χ2n) is 7.92. The van der Waals surface area contributed by atoms with E-state index in [0.717, 1.165) is 29.8 Å². The molecule has 2 N–H and O–H groups in total. The van der Waals surface area contributed by atoms with Crippen LogP contribution in [-0.4, -0.2) is 37.8 Å². The van der Waals surface area contributed by atoms with Crippen molar-refractivity contribution in [3.63, 3.8) is 0 Å². The maximum atomic E-state index is 12.6. The third-order valence-electron chi connectivity index (χ3n) is 5.58. The van der Waals surface area contributed by atoms with E-state index in [4.69, 9.17) is 0 Å². The number of carbonyl (C=O) groups excluding carboxylic acids is 3. The number of anilines is 1. The maximum Gasteiger partial charge on any atom is 0.255 e. The lowest BCUT2D eigenvalue weighted by molar-refractivity contribution is -0.139. The third-order valence-corrected chi connectivity index (χ3v) is 5.58. The van der Waals surface area contributed by atoms with Crippen LogP contribution < -0.4 is 5.32 Å². The van der Waals surface area contributed by atoms with Gasteiger partial charge >= 0.3 is 0 Å². The highest BCUT2D eigenvalue weighted by atomic mass is 16.2. The normalized spacial score (nSPS) is 16.1. The molecule has 0 unspecified atom stereocenters. The van der Waals surface area contributed by atoms with Gasteiger partial charge in [-0.15, -0.1) is 0 Å². The van der Waals surface area contributed by atoms with Crippen LogP contribution in [-0.2, 0) is 16.1 Å². The fraction of sp³-hybridized carbons (Fsp3) is 0.261. The van der Waals surface area contributed by atoms with Crippen molar-refractivity contribution < 1.29 is 14.4 Å². The number of aromatic amines is 1. The number of imide groups is 1. The highest BCUT2D eigenvalue weighted by Crippen LogP contribution is 2.38. The Bertz CT molecular complexity index is 1130. The summed E-state index contributed by atoms with van der Waals surface area (Å²) in [6.45, 7) is 0.241. The third kappa shape index (κ3) is 4.09. The summed E-state index contributed by atoms with van der Waals surface area (Å²) in [5, 5.41) is 10.1. The molecule has 1 saturated heterocycles. The van der Waals surface area contributed by atoms with Crippen molar-refractivity contribution in [3.8, 4) is 11.4 Å². The molecule has 5 rings (SSSR count). The Morgan fingerprint density at radius 2 is 1.68 bits per heavy atom. The number of H-pyrrole nitrogens is 1. The van der Waals surface area contributed by atoms with Gasteiger partial charge in [0, 0.05) is 35.6 Å². The first kappa shape index (κ1) is 19.2. The summed E-state index contributed by atoms with van der Waals surface area (Å²) < 4.78 is 0. The van der Waals surface area contributed by atoms with Crippen LogP contribution in [0.25, 0.3) is 11.4 Å². The molecule has 0 bridgehead atoms. The molecule has 3 aromatic rings. The zero-order chi connectivity index (χ0) is 21.4. The predicted octanol–water partition coefficient (Wildman–Crippen LogP) is 3.25. The minimum atomic E-state index is -0.235. The van der Waals surface area contributed by atoms with Gasteiger partial charge in [0.1, 0.15) is 5.82 Å². The Hall–Kier alpha value is -3.81. The average Bonchev–Trinajstić information content (AvgIpc) is 3.44. The van der Waals surface area contributed by atoms with Gasteiger partial charge in [0.2, 0.25) is 11.8 Å². The van der Waals surface area contributed by atoms with E-state index in [1.54, 1.807) is 24.3 Å². The summed E-state index contributed by atoms with van der Waals surface area (Å²) in [7, 11) is 0. The van der Waals surface area contributed by atoms with E-state index >= 15 is 0 Å². The zero-order valence-electron chi connectivity index (χ0n) is 16.8. The molecule has 1 saturated carbocycles. The Kier molecular flexibility index (Phi) is 4.82. The smallest absolute Gasteiger partial charge is 0.255 e. The quantitative estimate of drug-likeness (QED) is 0.601. The van der Waals surface area contributed by atoms with Crippen LogP contribution in [0.4, 0.5) is 5.69 Å². The topological polar surface area (TPSA) is 108 Å². The highest BCUT2D eigenvalue weighted by Gasteiger charge is 2.29. The van der Waals surface area contributed by atoms with Gasteiger partial charge in [-0.05, 0) is 54.8 Å². The molecule has 2 aromatic carbocycles. The number of rotatable bonds is 6. The van der Waals surface area contributed by atoms with Gasteiger partial charge in [-0.3, -0.25) is 24.4 Å². The highest BCUT2D eigenvalue weighted by molar-refractivity contribution is 6.04. The molecule has 2 aliphatic rings. The van der Waals surface area contributed by atoms with Crippen molar-refractivity contribution in [2.75, 3.05) is 5.32 Å². The molecular weight excluding hydrogens is 394 g/mol. The van der Waals surface area contributed by atoms with Gasteiger partial charge in [0.15, 0.2) is 5.82 Å². The number of nitrogens with zero attached hydrogens (tertiary/aromatic N) is 3. The molecule has 3 amide bonds. The van der Waals surface area contributed by atoms with E-state index in [2.05, 4.69) is 20.5 Å². The molecule has 1 aliphatic carbocycles. The van der Waals surface area contributed by atoms with Crippen LogP contribution >= 0.6 is 0 Å². The van der Waals surface area contributed by atoms with Gasteiger partial charge in [-0.1, -0.05) is 12.1 Å². The molecule has 0 radical (unpaired) electrons. The fourth-order valence-corrected chi connectivity index (χ4v) is 3.59. The van der Waals surface area contributed by atoms with Crippen LogP contribution in [0.1, 0.15) is 53.3 Å². The Labute approximate surface area is 178 Å². The summed E-state index contributed by atoms with van der Waals surface area (Å²) in [5.41, 5.74) is 2.86. The van der Waals surface area contributed by atoms with Crippen LogP contribution in [0.2, 0.25) is 0 Å².